The summed E-state index contributed by atoms with van der Waals surface area (Å²) >= 11 is 0. The number of hydrogen-bond donors (Lipinski definition) is 0. The molecule has 0 aliphatic heterocycles. The molecule has 0 N–H and O–H groups in total. The molecule has 2 heterocycles. The predicted octanol–water partition coefficient (Wildman–Crippen LogP) is 20.3. The molecule has 0 fully saturated rings. The molecule has 0 saturated heterocycles. The summed E-state index contributed by atoms with van der Waals surface area (Å²) in [6.45, 7) is 0. The Balaban J connectivity index is 0.980. The van der Waals surface area contributed by atoms with Crippen molar-refractivity contribution in [1.82, 2.24) is 4.57 Å². The fourth-order valence-electron chi connectivity index (χ4n) is 11.1. The first kappa shape index (κ1) is 44.5. The van der Waals surface area contributed by atoms with Gasteiger partial charge in [-0.3, -0.25) is 0 Å². The number of rotatable bonds is 11. The molecule has 4 heteroatoms. The van der Waals surface area contributed by atoms with Crippen molar-refractivity contribution in [3.8, 4) is 50.2 Å². The van der Waals surface area contributed by atoms with E-state index < -0.39 is 0 Å². The maximum Gasteiger partial charge on any atom is 0.159 e. The molecule has 0 saturated carbocycles. The fraction of sp³-hybridized carbons (Fsp3) is 0. The van der Waals surface area contributed by atoms with Crippen molar-refractivity contribution < 1.29 is 4.42 Å². The number of hydrogen-bond acceptors (Lipinski definition) is 3. The number of fused-ring (bicyclic) bond motifs is 6. The van der Waals surface area contributed by atoms with Gasteiger partial charge in [0.2, 0.25) is 0 Å². The molecule has 0 spiro atoms. The Hall–Kier alpha value is -10.2. The van der Waals surface area contributed by atoms with Gasteiger partial charge in [-0.15, -0.1) is 0 Å². The van der Waals surface area contributed by atoms with Gasteiger partial charge in [0.05, 0.1) is 16.7 Å². The standard InChI is InChI=1S/C72H49N3O/c1-5-16-50(17-6-1)54-28-36-58(37-29-54)73(59-38-30-55(31-39-59)51-18-7-2-8-19-51)62-44-46-68-66(48-62)67-49-63(45-47-69(67)75(68)70-26-15-25-65-64-24-13-14-27-71(64)76-72(65)70)74(60-40-32-56(33-41-60)52-20-9-3-10-21-52)61-42-34-57(35-43-61)53-22-11-4-12-23-53/h1-49H. The number of nitrogens with zero attached hydrogens (tertiary/aromatic N) is 3. The van der Waals surface area contributed by atoms with E-state index in [1.54, 1.807) is 0 Å². The van der Waals surface area contributed by atoms with Crippen LogP contribution in [0.25, 0.3) is 93.9 Å². The molecule has 0 radical (unpaired) electrons. The smallest absolute Gasteiger partial charge is 0.159 e. The molecule has 0 unspecified atom stereocenters. The summed E-state index contributed by atoms with van der Waals surface area (Å²) in [5, 5.41) is 4.43. The number of anilines is 6. The van der Waals surface area contributed by atoms with Crippen LogP contribution < -0.4 is 9.80 Å². The third-order valence-electron chi connectivity index (χ3n) is 14.8. The van der Waals surface area contributed by atoms with Crippen LogP contribution in [0.4, 0.5) is 34.1 Å². The topological polar surface area (TPSA) is 24.6 Å². The third-order valence-corrected chi connectivity index (χ3v) is 14.8. The molecule has 4 nitrogen and oxygen atoms in total. The number of benzene rings is 12. The zero-order valence-electron chi connectivity index (χ0n) is 41.5. The second-order valence-corrected chi connectivity index (χ2v) is 19.3. The Morgan fingerprint density at radius 3 is 0.934 bits per heavy atom. The zero-order valence-corrected chi connectivity index (χ0v) is 41.5. The molecule has 0 aliphatic rings. The minimum absolute atomic E-state index is 0.855. The first-order valence-electron chi connectivity index (χ1n) is 25.9. The molecule has 2 aromatic heterocycles. The van der Waals surface area contributed by atoms with E-state index in [1.807, 2.05) is 6.07 Å². The number of aromatic nitrogens is 1. The minimum Gasteiger partial charge on any atom is -0.454 e. The fourth-order valence-corrected chi connectivity index (χ4v) is 11.1. The van der Waals surface area contributed by atoms with Gasteiger partial charge in [0, 0.05) is 55.7 Å². The van der Waals surface area contributed by atoms with Gasteiger partial charge in [0.15, 0.2) is 5.58 Å². The highest BCUT2D eigenvalue weighted by atomic mass is 16.3. The summed E-state index contributed by atoms with van der Waals surface area (Å²) in [6, 6.07) is 107. The SMILES string of the molecule is c1ccc(-c2ccc(N(c3ccc(-c4ccccc4)cc3)c3ccc4c(c3)c3cc(N(c5ccc(-c6ccccc6)cc5)c5ccc(-c6ccccc6)cc5)ccc3n4-c3cccc4c3oc3ccccc34)cc2)cc1. The van der Waals surface area contributed by atoms with Crippen molar-refractivity contribution >= 4 is 77.9 Å². The molecule has 14 rings (SSSR count). The van der Waals surface area contributed by atoms with Crippen molar-refractivity contribution in [2.24, 2.45) is 0 Å². The first-order chi connectivity index (χ1) is 37.7. The lowest BCUT2D eigenvalue weighted by Crippen LogP contribution is -2.10. The Bertz CT molecular complexity index is 3950. The van der Waals surface area contributed by atoms with Gasteiger partial charge >= 0.3 is 0 Å². The van der Waals surface area contributed by atoms with Crippen LogP contribution in [0.2, 0.25) is 0 Å². The van der Waals surface area contributed by atoms with E-state index >= 15 is 0 Å². The second-order valence-electron chi connectivity index (χ2n) is 19.3. The van der Waals surface area contributed by atoms with Crippen LogP contribution in [0.3, 0.4) is 0 Å². The monoisotopic (exact) mass is 971 g/mol. The zero-order chi connectivity index (χ0) is 50.4. The van der Waals surface area contributed by atoms with Crippen molar-refractivity contribution in [2.45, 2.75) is 0 Å². The normalized spacial score (nSPS) is 11.4. The molecule has 12 aromatic carbocycles. The molecule has 14 aromatic rings. The molecule has 76 heavy (non-hydrogen) atoms. The average Bonchev–Trinajstić information content (AvgIpc) is 4.05. The molecule has 358 valence electrons. The van der Waals surface area contributed by atoms with E-state index in [0.717, 1.165) is 83.6 Å². The van der Waals surface area contributed by atoms with E-state index in [4.69, 9.17) is 4.42 Å². The van der Waals surface area contributed by atoms with Crippen LogP contribution >= 0.6 is 0 Å². The van der Waals surface area contributed by atoms with Gasteiger partial charge in [-0.05, 0) is 142 Å². The van der Waals surface area contributed by atoms with Gasteiger partial charge in [-0.1, -0.05) is 200 Å². The van der Waals surface area contributed by atoms with Crippen molar-refractivity contribution in [3.63, 3.8) is 0 Å². The van der Waals surface area contributed by atoms with E-state index in [1.165, 1.54) is 44.5 Å². The Labute approximate surface area is 441 Å². The van der Waals surface area contributed by atoms with E-state index in [-0.39, 0.29) is 0 Å². The van der Waals surface area contributed by atoms with E-state index in [2.05, 4.69) is 306 Å². The van der Waals surface area contributed by atoms with Gasteiger partial charge in [0.1, 0.15) is 5.58 Å². The molecular formula is C72H49N3O. The van der Waals surface area contributed by atoms with Crippen LogP contribution in [0.15, 0.2) is 302 Å². The van der Waals surface area contributed by atoms with Gasteiger partial charge in [0.25, 0.3) is 0 Å². The van der Waals surface area contributed by atoms with Crippen molar-refractivity contribution in [1.29, 1.82) is 0 Å². The second kappa shape index (κ2) is 19.0. The summed E-state index contributed by atoms with van der Waals surface area (Å²) < 4.78 is 9.18. The van der Waals surface area contributed by atoms with Crippen molar-refractivity contribution in [2.75, 3.05) is 9.80 Å². The summed E-state index contributed by atoms with van der Waals surface area (Å²) in [4.78, 5) is 4.76. The highest BCUT2D eigenvalue weighted by molar-refractivity contribution is 6.14. The van der Waals surface area contributed by atoms with Crippen LogP contribution in [-0.2, 0) is 0 Å². The lowest BCUT2D eigenvalue weighted by Gasteiger charge is -2.26. The molecule has 0 amide bonds. The lowest BCUT2D eigenvalue weighted by atomic mass is 10.0. The lowest BCUT2D eigenvalue weighted by molar-refractivity contribution is 0.666. The Morgan fingerprint density at radius 1 is 0.237 bits per heavy atom. The van der Waals surface area contributed by atoms with Gasteiger partial charge < -0.3 is 18.8 Å². The summed E-state index contributed by atoms with van der Waals surface area (Å²) in [5.41, 5.74) is 20.6. The maximum absolute atomic E-state index is 6.79. The third kappa shape index (κ3) is 8.06. The molecule has 0 bridgehead atoms. The van der Waals surface area contributed by atoms with Crippen LogP contribution in [-0.4, -0.2) is 4.57 Å². The highest BCUT2D eigenvalue weighted by Crippen LogP contribution is 2.45. The van der Waals surface area contributed by atoms with Crippen LogP contribution in [0.1, 0.15) is 0 Å². The molecule has 0 aliphatic carbocycles. The first-order valence-corrected chi connectivity index (χ1v) is 25.9. The molecular weight excluding hydrogens is 923 g/mol. The van der Waals surface area contributed by atoms with E-state index in [0.29, 0.717) is 0 Å². The predicted molar refractivity (Wildman–Crippen MR) is 319 cm³/mol. The minimum atomic E-state index is 0.855. The largest absolute Gasteiger partial charge is 0.454 e. The van der Waals surface area contributed by atoms with Crippen LogP contribution in [0, 0.1) is 0 Å². The van der Waals surface area contributed by atoms with E-state index in [9.17, 15) is 0 Å². The quantitative estimate of drug-likeness (QED) is 0.129. The average molecular weight is 972 g/mol. The van der Waals surface area contributed by atoms with Crippen LogP contribution in [0.5, 0.6) is 0 Å². The number of para-hydroxylation sites is 2. The maximum atomic E-state index is 6.79. The Kier molecular flexibility index (Phi) is 11.2. The van der Waals surface area contributed by atoms with Gasteiger partial charge in [-0.25, -0.2) is 0 Å². The van der Waals surface area contributed by atoms with Crippen molar-refractivity contribution in [3.05, 3.63) is 297 Å². The highest BCUT2D eigenvalue weighted by Gasteiger charge is 2.23. The van der Waals surface area contributed by atoms with Gasteiger partial charge in [-0.2, -0.15) is 0 Å². The summed E-state index contributed by atoms with van der Waals surface area (Å²) in [7, 11) is 0. The number of furan rings is 1. The Morgan fingerprint density at radius 2 is 0.553 bits per heavy atom. The summed E-state index contributed by atoms with van der Waals surface area (Å²) in [5.74, 6) is 0. The summed E-state index contributed by atoms with van der Waals surface area (Å²) in [6.07, 6.45) is 0. The molecule has 0 atom stereocenters.